The third kappa shape index (κ3) is 6.73. The summed E-state index contributed by atoms with van der Waals surface area (Å²) >= 11 is 13.8. The number of nitrogens with zero attached hydrogens (tertiary/aromatic N) is 1. The molecule has 5 rings (SSSR count). The van der Waals surface area contributed by atoms with Crippen molar-refractivity contribution in [1.29, 1.82) is 0 Å². The molecule has 1 aliphatic carbocycles. The van der Waals surface area contributed by atoms with Crippen LogP contribution in [0.1, 0.15) is 50.7 Å². The Kier molecular flexibility index (Phi) is 9.51. The van der Waals surface area contributed by atoms with Crippen LogP contribution in [0.3, 0.4) is 0 Å². The summed E-state index contributed by atoms with van der Waals surface area (Å²) in [5, 5.41) is 4.60. The van der Waals surface area contributed by atoms with E-state index in [9.17, 15) is 4.79 Å². The summed E-state index contributed by atoms with van der Waals surface area (Å²) in [6.45, 7) is 5.03. The lowest BCUT2D eigenvalue weighted by molar-refractivity contribution is -0.129. The van der Waals surface area contributed by atoms with Crippen LogP contribution < -0.4 is 14.8 Å². The van der Waals surface area contributed by atoms with Gasteiger partial charge in [-0.1, -0.05) is 85.1 Å². The molecule has 0 spiro atoms. The van der Waals surface area contributed by atoms with Gasteiger partial charge in [0.15, 0.2) is 17.0 Å². The monoisotopic (exact) mass is 596 g/mol. The minimum Gasteiger partial charge on any atom is -0.490 e. The Bertz CT molecular complexity index is 1370. The lowest BCUT2D eigenvalue weighted by atomic mass is 9.85. The third-order valence-corrected chi connectivity index (χ3v) is 9.22. The van der Waals surface area contributed by atoms with Crippen LogP contribution in [0.5, 0.6) is 11.5 Å². The van der Waals surface area contributed by atoms with Gasteiger partial charge in [-0.15, -0.1) is 0 Å². The number of halogens is 2. The van der Waals surface area contributed by atoms with E-state index in [1.165, 1.54) is 6.42 Å². The molecule has 1 heterocycles. The van der Waals surface area contributed by atoms with E-state index in [4.69, 9.17) is 32.7 Å². The molecule has 0 radical (unpaired) electrons. The number of anilines is 1. The highest BCUT2D eigenvalue weighted by Crippen LogP contribution is 2.42. The number of rotatable bonds is 9. The highest BCUT2D eigenvalue weighted by Gasteiger charge is 2.42. The standard InChI is InChI=1S/C32H34Cl2N2O3S/c1-3-38-29-18-22(14-16-28(29)39-20-23-13-15-25(33)26(34)17-23)19-30-31(37)36(27-12-8-7-9-21(27)2)32(40-30)35-24-10-5-4-6-11-24/h4-6,10-11,13-19,21,27,32,35H,3,7-9,12,20H2,1-2H3/b30-19-/t21-,27-,32?/m0/s1. The predicted octanol–water partition coefficient (Wildman–Crippen LogP) is 8.86. The summed E-state index contributed by atoms with van der Waals surface area (Å²) in [7, 11) is 0. The van der Waals surface area contributed by atoms with Crippen molar-refractivity contribution in [2.75, 3.05) is 11.9 Å². The van der Waals surface area contributed by atoms with Crippen LogP contribution in [0.15, 0.2) is 71.6 Å². The zero-order valence-electron chi connectivity index (χ0n) is 22.7. The van der Waals surface area contributed by atoms with Crippen LogP contribution in [0.25, 0.3) is 6.08 Å². The van der Waals surface area contributed by atoms with E-state index in [0.717, 1.165) is 41.0 Å². The van der Waals surface area contributed by atoms with Crippen LogP contribution in [-0.2, 0) is 11.4 Å². The molecule has 8 heteroatoms. The van der Waals surface area contributed by atoms with Gasteiger partial charge < -0.3 is 19.7 Å². The molecular formula is C32H34Cl2N2O3S. The maximum Gasteiger partial charge on any atom is 0.262 e. The van der Waals surface area contributed by atoms with Gasteiger partial charge in [-0.2, -0.15) is 0 Å². The van der Waals surface area contributed by atoms with Crippen LogP contribution >= 0.6 is 35.0 Å². The highest BCUT2D eigenvalue weighted by atomic mass is 35.5. The largest absolute Gasteiger partial charge is 0.490 e. The fourth-order valence-electron chi connectivity index (χ4n) is 5.31. The number of nitrogens with one attached hydrogen (secondary N) is 1. The van der Waals surface area contributed by atoms with Gasteiger partial charge in [-0.25, -0.2) is 0 Å². The summed E-state index contributed by atoms with van der Waals surface area (Å²) in [6.07, 6.45) is 6.53. The number of thioether (sulfide) groups is 1. The Morgan fingerprint density at radius 3 is 2.52 bits per heavy atom. The first kappa shape index (κ1) is 28.7. The van der Waals surface area contributed by atoms with E-state index < -0.39 is 0 Å². The number of hydrogen-bond donors (Lipinski definition) is 1. The third-order valence-electron chi connectivity index (χ3n) is 7.37. The molecule has 3 aromatic carbocycles. The highest BCUT2D eigenvalue weighted by molar-refractivity contribution is 8.05. The van der Waals surface area contributed by atoms with Gasteiger partial charge in [0.2, 0.25) is 0 Å². The lowest BCUT2D eigenvalue weighted by Gasteiger charge is -2.39. The molecule has 1 saturated heterocycles. The fraction of sp³-hybridized carbons (Fsp3) is 0.344. The minimum absolute atomic E-state index is 0.0788. The van der Waals surface area contributed by atoms with Gasteiger partial charge in [0, 0.05) is 11.7 Å². The first-order valence-electron chi connectivity index (χ1n) is 13.8. The van der Waals surface area contributed by atoms with Gasteiger partial charge in [-0.05, 0) is 79.3 Å². The average molecular weight is 598 g/mol. The van der Waals surface area contributed by atoms with Crippen molar-refractivity contribution in [2.45, 2.75) is 57.7 Å². The summed E-state index contributed by atoms with van der Waals surface area (Å²) in [4.78, 5) is 16.7. The first-order valence-corrected chi connectivity index (χ1v) is 15.4. The molecule has 1 unspecified atom stereocenters. The van der Waals surface area contributed by atoms with E-state index >= 15 is 0 Å². The summed E-state index contributed by atoms with van der Waals surface area (Å²) in [5.41, 5.74) is 2.64. The van der Waals surface area contributed by atoms with E-state index in [1.807, 2.05) is 67.6 Å². The number of carbonyl (C=O) groups is 1. The van der Waals surface area contributed by atoms with Gasteiger partial charge in [0.05, 0.1) is 21.6 Å². The van der Waals surface area contributed by atoms with Crippen molar-refractivity contribution < 1.29 is 14.3 Å². The van der Waals surface area contributed by atoms with Crippen molar-refractivity contribution in [3.05, 3.63) is 92.8 Å². The van der Waals surface area contributed by atoms with Crippen LogP contribution in [0, 0.1) is 5.92 Å². The van der Waals surface area contributed by atoms with Crippen LogP contribution in [-0.4, -0.2) is 29.0 Å². The second-order valence-electron chi connectivity index (χ2n) is 10.2. The zero-order valence-corrected chi connectivity index (χ0v) is 25.1. The van der Waals surface area contributed by atoms with Gasteiger partial charge >= 0.3 is 0 Å². The molecule has 40 heavy (non-hydrogen) atoms. The summed E-state index contributed by atoms with van der Waals surface area (Å²) in [6, 6.07) is 21.5. The molecule has 1 aliphatic heterocycles. The van der Waals surface area contributed by atoms with Gasteiger partial charge in [-0.3, -0.25) is 4.79 Å². The van der Waals surface area contributed by atoms with Gasteiger partial charge in [0.1, 0.15) is 6.61 Å². The van der Waals surface area contributed by atoms with Crippen LogP contribution in [0.4, 0.5) is 5.69 Å². The number of hydrogen-bond acceptors (Lipinski definition) is 5. The van der Waals surface area contributed by atoms with Gasteiger partial charge in [0.25, 0.3) is 5.91 Å². The van der Waals surface area contributed by atoms with E-state index in [0.29, 0.717) is 40.7 Å². The quantitative estimate of drug-likeness (QED) is 0.250. The van der Waals surface area contributed by atoms with E-state index in [1.54, 1.807) is 23.9 Å². The van der Waals surface area contributed by atoms with Crippen molar-refractivity contribution in [2.24, 2.45) is 5.92 Å². The molecule has 3 atom stereocenters. The average Bonchev–Trinajstić information content (AvgIpc) is 3.25. The van der Waals surface area contributed by atoms with Crippen molar-refractivity contribution in [3.8, 4) is 11.5 Å². The topological polar surface area (TPSA) is 50.8 Å². The molecule has 1 amide bonds. The molecule has 1 N–H and O–H groups in total. The second-order valence-corrected chi connectivity index (χ2v) is 12.1. The molecular weight excluding hydrogens is 563 g/mol. The Morgan fingerprint density at radius 2 is 1.77 bits per heavy atom. The summed E-state index contributed by atoms with van der Waals surface area (Å²) in [5.74, 6) is 1.80. The molecule has 5 nitrogen and oxygen atoms in total. The molecule has 0 aromatic heterocycles. The van der Waals surface area contributed by atoms with Crippen molar-refractivity contribution in [1.82, 2.24) is 4.90 Å². The fourth-order valence-corrected chi connectivity index (χ4v) is 6.84. The number of ether oxygens (including phenoxy) is 2. The smallest absolute Gasteiger partial charge is 0.262 e. The summed E-state index contributed by atoms with van der Waals surface area (Å²) < 4.78 is 12.0. The van der Waals surface area contributed by atoms with Crippen molar-refractivity contribution in [3.63, 3.8) is 0 Å². The maximum absolute atomic E-state index is 13.9. The maximum atomic E-state index is 13.9. The molecule has 2 fully saturated rings. The normalized spacial score (nSPS) is 22.0. The Balaban J connectivity index is 1.38. The van der Waals surface area contributed by atoms with E-state index in [-0.39, 0.29) is 17.4 Å². The molecule has 0 bridgehead atoms. The predicted molar refractivity (Wildman–Crippen MR) is 166 cm³/mol. The van der Waals surface area contributed by atoms with E-state index in [2.05, 4.69) is 17.1 Å². The molecule has 3 aromatic rings. The number of carbonyl (C=O) groups excluding carboxylic acids is 1. The lowest BCUT2D eigenvalue weighted by Crippen LogP contribution is -2.48. The Hall–Kier alpha value is -2.80. The zero-order chi connectivity index (χ0) is 28.1. The van der Waals surface area contributed by atoms with Crippen LogP contribution in [0.2, 0.25) is 10.0 Å². The minimum atomic E-state index is -0.160. The Morgan fingerprint density at radius 1 is 0.975 bits per heavy atom. The number of amides is 1. The Labute approximate surface area is 250 Å². The molecule has 1 saturated carbocycles. The van der Waals surface area contributed by atoms with Crippen molar-refractivity contribution >= 4 is 52.6 Å². The first-order chi connectivity index (χ1) is 19.4. The molecule has 210 valence electrons. The molecule has 2 aliphatic rings. The second kappa shape index (κ2) is 13.2. The SMILES string of the molecule is CCOc1cc(/C=C2\SC(Nc3ccccc3)N([C@H]3CCCC[C@@H]3C)C2=O)ccc1OCc1ccc(Cl)c(Cl)c1. The number of para-hydroxylation sites is 1. The number of benzene rings is 3.